The minimum atomic E-state index is -0.374. The first-order chi connectivity index (χ1) is 18.5. The number of H-pyrrole nitrogens is 1. The zero-order chi connectivity index (χ0) is 26.1. The molecule has 4 aromatic heterocycles. The number of carbonyl (C=O) groups excluding carboxylic acids is 1. The smallest absolute Gasteiger partial charge is 0.276 e. The van der Waals surface area contributed by atoms with Gasteiger partial charge in [-0.2, -0.15) is 5.10 Å². The highest BCUT2D eigenvalue weighted by Crippen LogP contribution is 2.32. The summed E-state index contributed by atoms with van der Waals surface area (Å²) in [5.41, 5.74) is 5.83. The first-order valence-electron chi connectivity index (χ1n) is 11.7. The van der Waals surface area contributed by atoms with Gasteiger partial charge in [0, 0.05) is 29.3 Å². The second-order valence-electron chi connectivity index (χ2n) is 8.45. The van der Waals surface area contributed by atoms with E-state index in [-0.39, 0.29) is 17.4 Å². The molecule has 11 heteroatoms. The maximum atomic E-state index is 13.2. The molecule has 10 nitrogen and oxygen atoms in total. The van der Waals surface area contributed by atoms with Gasteiger partial charge < -0.3 is 15.6 Å². The predicted molar refractivity (Wildman–Crippen MR) is 141 cm³/mol. The second kappa shape index (κ2) is 9.54. The van der Waals surface area contributed by atoms with Gasteiger partial charge in [-0.1, -0.05) is 6.07 Å². The molecular weight excluding hydrogens is 485 g/mol. The van der Waals surface area contributed by atoms with Gasteiger partial charge in [0.05, 0.1) is 12.0 Å². The van der Waals surface area contributed by atoms with Crippen LogP contribution in [0.2, 0.25) is 0 Å². The Morgan fingerprint density at radius 1 is 1.00 bits per heavy atom. The highest BCUT2D eigenvalue weighted by molar-refractivity contribution is 6.03. The van der Waals surface area contributed by atoms with Crippen molar-refractivity contribution >= 4 is 34.3 Å². The molecule has 0 fully saturated rings. The fourth-order valence-corrected chi connectivity index (χ4v) is 4.00. The number of amides is 1. The molecule has 6 aromatic rings. The molecule has 0 unspecified atom stereocenters. The number of aromatic amines is 1. The number of halogens is 1. The number of anilines is 3. The van der Waals surface area contributed by atoms with Gasteiger partial charge in [-0.05, 0) is 67.1 Å². The van der Waals surface area contributed by atoms with E-state index in [0.29, 0.717) is 34.1 Å². The van der Waals surface area contributed by atoms with Gasteiger partial charge in [-0.25, -0.2) is 29.0 Å². The lowest BCUT2D eigenvalue weighted by Gasteiger charge is -2.14. The molecule has 0 radical (unpaired) electrons. The Bertz CT molecular complexity index is 1780. The molecule has 0 aliphatic heterocycles. The Morgan fingerprint density at radius 2 is 1.87 bits per heavy atom. The van der Waals surface area contributed by atoms with Crippen molar-refractivity contribution in [1.82, 2.24) is 34.7 Å². The molecule has 0 aliphatic carbocycles. The van der Waals surface area contributed by atoms with Crippen molar-refractivity contribution in [2.45, 2.75) is 6.92 Å². The van der Waals surface area contributed by atoms with Crippen LogP contribution < -0.4 is 10.6 Å². The lowest BCUT2D eigenvalue weighted by Crippen LogP contribution is -2.13. The molecule has 1 amide bonds. The number of benzene rings is 2. The molecule has 38 heavy (non-hydrogen) atoms. The van der Waals surface area contributed by atoms with Crippen molar-refractivity contribution in [3.8, 4) is 16.9 Å². The van der Waals surface area contributed by atoms with E-state index in [1.54, 1.807) is 36.9 Å². The lowest BCUT2D eigenvalue weighted by atomic mass is 10.1. The average molecular weight is 506 g/mol. The van der Waals surface area contributed by atoms with E-state index < -0.39 is 0 Å². The minimum absolute atomic E-state index is 0.225. The maximum Gasteiger partial charge on any atom is 0.276 e. The Balaban J connectivity index is 1.25. The molecule has 0 aliphatic rings. The SMILES string of the molecule is Cc1ccc(NC(=O)c2ccn(-c3ccc(F)cc3)n2)cc1Nc1ncccc1-c1ncnc2[nH]cnc12. The van der Waals surface area contributed by atoms with E-state index in [1.807, 2.05) is 37.3 Å². The molecule has 0 atom stereocenters. The number of nitrogens with one attached hydrogen (secondary N) is 3. The van der Waals surface area contributed by atoms with Crippen LogP contribution in [0.5, 0.6) is 0 Å². The molecule has 0 saturated heterocycles. The van der Waals surface area contributed by atoms with Crippen LogP contribution >= 0.6 is 0 Å². The van der Waals surface area contributed by atoms with Crippen molar-refractivity contribution < 1.29 is 9.18 Å². The second-order valence-corrected chi connectivity index (χ2v) is 8.45. The van der Waals surface area contributed by atoms with Crippen LogP contribution in [-0.4, -0.2) is 40.6 Å². The number of aryl methyl sites for hydroxylation is 1. The lowest BCUT2D eigenvalue weighted by molar-refractivity contribution is 0.102. The van der Waals surface area contributed by atoms with Crippen molar-refractivity contribution in [2.75, 3.05) is 10.6 Å². The van der Waals surface area contributed by atoms with Gasteiger partial charge in [-0.3, -0.25) is 4.79 Å². The number of fused-ring (bicyclic) bond motifs is 1. The number of nitrogens with zero attached hydrogens (tertiary/aromatic N) is 6. The summed E-state index contributed by atoms with van der Waals surface area (Å²) >= 11 is 0. The van der Waals surface area contributed by atoms with Gasteiger partial charge in [0.2, 0.25) is 0 Å². The van der Waals surface area contributed by atoms with E-state index in [0.717, 1.165) is 16.8 Å². The number of imidazole rings is 1. The van der Waals surface area contributed by atoms with E-state index in [9.17, 15) is 9.18 Å². The van der Waals surface area contributed by atoms with Crippen LogP contribution in [0.1, 0.15) is 16.1 Å². The number of hydrogen-bond donors (Lipinski definition) is 3. The van der Waals surface area contributed by atoms with Gasteiger partial charge in [0.1, 0.15) is 29.2 Å². The maximum absolute atomic E-state index is 13.2. The molecule has 4 heterocycles. The summed E-state index contributed by atoms with van der Waals surface area (Å²) in [5, 5.41) is 10.6. The molecule has 186 valence electrons. The first-order valence-corrected chi connectivity index (χ1v) is 11.7. The molecule has 2 aromatic carbocycles. The number of aromatic nitrogens is 7. The molecule has 3 N–H and O–H groups in total. The van der Waals surface area contributed by atoms with Gasteiger partial charge >= 0.3 is 0 Å². The van der Waals surface area contributed by atoms with Crippen LogP contribution in [0, 0.1) is 12.7 Å². The summed E-state index contributed by atoms with van der Waals surface area (Å²) in [6.07, 6.45) is 6.39. The third-order valence-corrected chi connectivity index (χ3v) is 5.94. The van der Waals surface area contributed by atoms with Crippen LogP contribution in [0.4, 0.5) is 21.6 Å². The third-order valence-electron chi connectivity index (χ3n) is 5.94. The molecule has 0 saturated carbocycles. The predicted octanol–water partition coefficient (Wildman–Crippen LogP) is 5.04. The first kappa shape index (κ1) is 23.0. The largest absolute Gasteiger partial charge is 0.339 e. The summed E-state index contributed by atoms with van der Waals surface area (Å²) in [5.74, 6) is -0.131. The van der Waals surface area contributed by atoms with E-state index in [1.165, 1.54) is 23.1 Å². The Morgan fingerprint density at radius 3 is 2.74 bits per heavy atom. The Labute approximate surface area is 215 Å². The summed E-state index contributed by atoms with van der Waals surface area (Å²) in [7, 11) is 0. The number of rotatable bonds is 6. The summed E-state index contributed by atoms with van der Waals surface area (Å²) in [6, 6.07) is 16.7. The fourth-order valence-electron chi connectivity index (χ4n) is 4.00. The van der Waals surface area contributed by atoms with E-state index in [4.69, 9.17) is 0 Å². The van der Waals surface area contributed by atoms with Gasteiger partial charge in [-0.15, -0.1) is 0 Å². The van der Waals surface area contributed by atoms with Crippen molar-refractivity contribution in [1.29, 1.82) is 0 Å². The van der Waals surface area contributed by atoms with Crippen LogP contribution in [0.25, 0.3) is 28.1 Å². The van der Waals surface area contributed by atoms with Gasteiger partial charge in [0.15, 0.2) is 11.3 Å². The van der Waals surface area contributed by atoms with E-state index in [2.05, 4.69) is 40.7 Å². The zero-order valence-corrected chi connectivity index (χ0v) is 20.1. The van der Waals surface area contributed by atoms with E-state index >= 15 is 0 Å². The molecule has 6 rings (SSSR count). The molecule has 0 spiro atoms. The highest BCUT2D eigenvalue weighted by Gasteiger charge is 2.16. The quantitative estimate of drug-likeness (QED) is 0.289. The van der Waals surface area contributed by atoms with Crippen LogP contribution in [-0.2, 0) is 0 Å². The Hall–Kier alpha value is -5.45. The number of carbonyl (C=O) groups is 1. The molecular formula is C27H20FN9O. The summed E-state index contributed by atoms with van der Waals surface area (Å²) < 4.78 is 14.7. The standard InChI is InChI=1S/C27H20FN9O/c1-16-4-7-18(34-27(38)21-10-12-37(36-21)19-8-5-17(28)6-9-19)13-22(16)35-25-20(3-2-11-29-25)23-24-26(32-14-30-23)33-15-31-24/h2-15H,1H3,(H,29,35)(H,34,38)(H,30,31,32,33). The van der Waals surface area contributed by atoms with Crippen LogP contribution in [0.3, 0.4) is 0 Å². The number of hydrogen-bond acceptors (Lipinski definition) is 7. The van der Waals surface area contributed by atoms with Crippen molar-refractivity contribution in [3.63, 3.8) is 0 Å². The minimum Gasteiger partial charge on any atom is -0.339 e. The Kier molecular flexibility index (Phi) is 5.77. The normalized spacial score (nSPS) is 11.0. The topological polar surface area (TPSA) is 126 Å². The molecule has 0 bridgehead atoms. The van der Waals surface area contributed by atoms with Crippen molar-refractivity contribution in [3.05, 3.63) is 103 Å². The third kappa shape index (κ3) is 4.44. The fraction of sp³-hybridized carbons (Fsp3) is 0.0370. The zero-order valence-electron chi connectivity index (χ0n) is 20.1. The summed E-state index contributed by atoms with van der Waals surface area (Å²) in [6.45, 7) is 1.96. The van der Waals surface area contributed by atoms with Crippen LogP contribution in [0.15, 0.2) is 85.7 Å². The average Bonchev–Trinajstić information content (AvgIpc) is 3.62. The summed E-state index contributed by atoms with van der Waals surface area (Å²) in [4.78, 5) is 33.4. The van der Waals surface area contributed by atoms with Crippen molar-refractivity contribution in [2.24, 2.45) is 0 Å². The monoisotopic (exact) mass is 505 g/mol. The number of pyridine rings is 1. The van der Waals surface area contributed by atoms with Gasteiger partial charge in [0.25, 0.3) is 5.91 Å². The highest BCUT2D eigenvalue weighted by atomic mass is 19.1.